The van der Waals surface area contributed by atoms with Crippen LogP contribution < -0.4 is 0 Å². The van der Waals surface area contributed by atoms with Crippen LogP contribution in [0.1, 0.15) is 39.5 Å². The molecule has 0 aromatic carbocycles. The van der Waals surface area contributed by atoms with E-state index in [9.17, 15) is 9.59 Å². The molecular weight excluding hydrogens is 170 g/mol. The van der Waals surface area contributed by atoms with Gasteiger partial charge in [-0.1, -0.05) is 26.7 Å². The van der Waals surface area contributed by atoms with Crippen molar-refractivity contribution in [2.24, 2.45) is 4.99 Å². The third kappa shape index (κ3) is 2.99. The first kappa shape index (κ1) is 11.8. The lowest BCUT2D eigenvalue weighted by molar-refractivity contribution is -0.143. The van der Waals surface area contributed by atoms with E-state index in [1.54, 1.807) is 6.92 Å². The minimum atomic E-state index is -1.24. The number of unbranched alkanes of at least 4 members (excludes halogenated alkanes) is 1. The van der Waals surface area contributed by atoms with Gasteiger partial charge in [0.15, 0.2) is 5.54 Å². The summed E-state index contributed by atoms with van der Waals surface area (Å²) in [4.78, 5) is 24.4. The fourth-order valence-corrected chi connectivity index (χ4v) is 1.17. The number of aliphatic imine (C=N–C) groups is 1. The van der Waals surface area contributed by atoms with Gasteiger partial charge in [0.2, 0.25) is 6.08 Å². The highest BCUT2D eigenvalue weighted by molar-refractivity contribution is 5.79. The Balaban J connectivity index is 4.64. The largest absolute Gasteiger partial charge is 0.479 e. The Bertz CT molecular complexity index is 217. The average molecular weight is 185 g/mol. The number of carbonyl (C=O) groups is 1. The standard InChI is InChI=1S/C9H15NO3/c1-3-5-6-9(4-2,8(12)13)10-7-11/h3-6H2,1-2H3,(H,12,13). The SMILES string of the molecule is CCCCC(CC)(N=C=O)C(=O)O. The van der Waals surface area contributed by atoms with E-state index in [-0.39, 0.29) is 0 Å². The first-order chi connectivity index (χ1) is 6.13. The smallest absolute Gasteiger partial charge is 0.332 e. The summed E-state index contributed by atoms with van der Waals surface area (Å²) in [5.74, 6) is -1.04. The number of hydrogen-bond acceptors (Lipinski definition) is 3. The molecular formula is C9H15NO3. The van der Waals surface area contributed by atoms with E-state index >= 15 is 0 Å². The predicted molar refractivity (Wildman–Crippen MR) is 48.3 cm³/mol. The minimum Gasteiger partial charge on any atom is -0.479 e. The summed E-state index contributed by atoms with van der Waals surface area (Å²) >= 11 is 0. The summed E-state index contributed by atoms with van der Waals surface area (Å²) in [6.45, 7) is 3.68. The maximum absolute atomic E-state index is 10.9. The first-order valence-corrected chi connectivity index (χ1v) is 4.45. The molecule has 13 heavy (non-hydrogen) atoms. The number of carboxylic acid groups (broad SMARTS) is 1. The van der Waals surface area contributed by atoms with Gasteiger partial charge in [-0.05, 0) is 12.8 Å². The third-order valence-corrected chi connectivity index (χ3v) is 2.19. The maximum atomic E-state index is 10.9. The maximum Gasteiger partial charge on any atom is 0.332 e. The van der Waals surface area contributed by atoms with Crippen LogP contribution in [-0.4, -0.2) is 22.7 Å². The van der Waals surface area contributed by atoms with Gasteiger partial charge in [-0.25, -0.2) is 9.59 Å². The van der Waals surface area contributed by atoms with Crippen molar-refractivity contribution in [2.45, 2.75) is 45.1 Å². The molecule has 0 aromatic heterocycles. The Morgan fingerprint density at radius 1 is 1.54 bits per heavy atom. The van der Waals surface area contributed by atoms with Crippen LogP contribution in [0.15, 0.2) is 4.99 Å². The summed E-state index contributed by atoms with van der Waals surface area (Å²) < 4.78 is 0. The van der Waals surface area contributed by atoms with Gasteiger partial charge in [-0.2, -0.15) is 4.99 Å². The number of isocyanates is 1. The zero-order valence-corrected chi connectivity index (χ0v) is 8.04. The number of rotatable bonds is 6. The highest BCUT2D eigenvalue weighted by Gasteiger charge is 2.35. The monoisotopic (exact) mass is 185 g/mol. The Morgan fingerprint density at radius 3 is 2.46 bits per heavy atom. The van der Waals surface area contributed by atoms with Gasteiger partial charge < -0.3 is 5.11 Å². The molecule has 4 nitrogen and oxygen atoms in total. The molecule has 0 fully saturated rings. The van der Waals surface area contributed by atoms with E-state index in [1.807, 2.05) is 6.92 Å². The summed E-state index contributed by atoms with van der Waals surface area (Å²) in [5, 5.41) is 8.91. The Hall–Kier alpha value is -1.15. The zero-order chi connectivity index (χ0) is 10.3. The lowest BCUT2D eigenvalue weighted by Gasteiger charge is -2.20. The number of carbonyl (C=O) groups excluding carboxylic acids is 1. The number of nitrogens with zero attached hydrogens (tertiary/aromatic N) is 1. The molecule has 0 saturated carbocycles. The molecule has 0 rings (SSSR count). The fourth-order valence-electron chi connectivity index (χ4n) is 1.17. The quantitative estimate of drug-likeness (QED) is 0.506. The van der Waals surface area contributed by atoms with E-state index in [4.69, 9.17) is 5.11 Å². The molecule has 0 spiro atoms. The molecule has 0 heterocycles. The highest BCUT2D eigenvalue weighted by atomic mass is 16.4. The van der Waals surface area contributed by atoms with Crippen LogP contribution in [-0.2, 0) is 9.59 Å². The van der Waals surface area contributed by atoms with E-state index in [0.29, 0.717) is 12.8 Å². The van der Waals surface area contributed by atoms with Crippen LogP contribution in [0.3, 0.4) is 0 Å². The first-order valence-electron chi connectivity index (χ1n) is 4.45. The van der Waals surface area contributed by atoms with Gasteiger partial charge >= 0.3 is 5.97 Å². The van der Waals surface area contributed by atoms with Crippen LogP contribution in [0.5, 0.6) is 0 Å². The second-order valence-electron chi connectivity index (χ2n) is 3.00. The minimum absolute atomic E-state index is 0.331. The van der Waals surface area contributed by atoms with Gasteiger partial charge in [-0.15, -0.1) is 0 Å². The summed E-state index contributed by atoms with van der Waals surface area (Å²) in [7, 11) is 0. The molecule has 4 heteroatoms. The van der Waals surface area contributed by atoms with Gasteiger partial charge in [0.05, 0.1) is 0 Å². The van der Waals surface area contributed by atoms with Crippen LogP contribution in [0.25, 0.3) is 0 Å². The van der Waals surface area contributed by atoms with Crippen molar-refractivity contribution in [3.8, 4) is 0 Å². The highest BCUT2D eigenvalue weighted by Crippen LogP contribution is 2.23. The molecule has 0 radical (unpaired) electrons. The summed E-state index contributed by atoms with van der Waals surface area (Å²) in [6.07, 6.45) is 3.73. The molecule has 1 N–H and O–H groups in total. The lowest BCUT2D eigenvalue weighted by Crippen LogP contribution is -2.35. The van der Waals surface area contributed by atoms with Gasteiger partial charge in [0.25, 0.3) is 0 Å². The van der Waals surface area contributed by atoms with Crippen molar-refractivity contribution < 1.29 is 14.7 Å². The van der Waals surface area contributed by atoms with Crippen molar-refractivity contribution in [3.05, 3.63) is 0 Å². The molecule has 0 bridgehead atoms. The van der Waals surface area contributed by atoms with E-state index in [1.165, 1.54) is 6.08 Å². The number of hydrogen-bond donors (Lipinski definition) is 1. The molecule has 0 aromatic rings. The van der Waals surface area contributed by atoms with Crippen LogP contribution in [0, 0.1) is 0 Å². The Labute approximate surface area is 77.7 Å². The van der Waals surface area contributed by atoms with E-state index < -0.39 is 11.5 Å². The van der Waals surface area contributed by atoms with Crippen LogP contribution >= 0.6 is 0 Å². The number of aliphatic carboxylic acids is 1. The van der Waals surface area contributed by atoms with Gasteiger partial charge in [-0.3, -0.25) is 0 Å². The molecule has 0 amide bonds. The van der Waals surface area contributed by atoms with E-state index in [2.05, 4.69) is 4.99 Å². The summed E-state index contributed by atoms with van der Waals surface area (Å²) in [6, 6.07) is 0. The molecule has 0 aliphatic heterocycles. The van der Waals surface area contributed by atoms with Crippen molar-refractivity contribution >= 4 is 12.0 Å². The Kier molecular flexibility index (Phi) is 5.00. The Morgan fingerprint density at radius 2 is 2.15 bits per heavy atom. The molecule has 0 saturated heterocycles. The second-order valence-corrected chi connectivity index (χ2v) is 3.00. The molecule has 1 atom stereocenters. The molecule has 0 aliphatic rings. The van der Waals surface area contributed by atoms with Crippen molar-refractivity contribution in [2.75, 3.05) is 0 Å². The predicted octanol–water partition coefficient (Wildman–Crippen LogP) is 1.75. The lowest BCUT2D eigenvalue weighted by atomic mass is 9.91. The average Bonchev–Trinajstić information content (AvgIpc) is 2.12. The fraction of sp³-hybridized carbons (Fsp3) is 0.778. The van der Waals surface area contributed by atoms with Gasteiger partial charge in [0, 0.05) is 0 Å². The van der Waals surface area contributed by atoms with Gasteiger partial charge in [0.1, 0.15) is 0 Å². The van der Waals surface area contributed by atoms with E-state index in [0.717, 1.165) is 12.8 Å². The summed E-state index contributed by atoms with van der Waals surface area (Å²) in [5.41, 5.74) is -1.24. The van der Waals surface area contributed by atoms with Crippen LogP contribution in [0.4, 0.5) is 0 Å². The number of carboxylic acids is 1. The second kappa shape index (κ2) is 5.49. The molecule has 74 valence electrons. The topological polar surface area (TPSA) is 66.7 Å². The zero-order valence-electron chi connectivity index (χ0n) is 8.04. The van der Waals surface area contributed by atoms with Crippen molar-refractivity contribution in [1.29, 1.82) is 0 Å². The normalized spacial score (nSPS) is 14.3. The third-order valence-electron chi connectivity index (χ3n) is 2.19. The molecule has 1 unspecified atom stereocenters. The van der Waals surface area contributed by atoms with Crippen molar-refractivity contribution in [3.63, 3.8) is 0 Å². The van der Waals surface area contributed by atoms with Crippen LogP contribution in [0.2, 0.25) is 0 Å². The van der Waals surface area contributed by atoms with Crippen molar-refractivity contribution in [1.82, 2.24) is 0 Å². The molecule has 0 aliphatic carbocycles.